The van der Waals surface area contributed by atoms with Crippen LogP contribution < -0.4 is 16.8 Å². The monoisotopic (exact) mass is 321 g/mol. The Morgan fingerprint density at radius 2 is 2.05 bits per heavy atom. The zero-order chi connectivity index (χ0) is 15.5. The Labute approximate surface area is 122 Å². The molecule has 0 spiro atoms. The summed E-state index contributed by atoms with van der Waals surface area (Å²) >= 11 is 0.935. The van der Waals surface area contributed by atoms with Crippen molar-refractivity contribution in [1.29, 1.82) is 0 Å². The Balaban J connectivity index is 3.00. The fourth-order valence-corrected chi connectivity index (χ4v) is 4.00. The van der Waals surface area contributed by atoms with Crippen molar-refractivity contribution in [3.63, 3.8) is 0 Å². The molecule has 0 aliphatic rings. The van der Waals surface area contributed by atoms with Gasteiger partial charge in [-0.1, -0.05) is 0 Å². The molecule has 1 rings (SSSR count). The van der Waals surface area contributed by atoms with Crippen molar-refractivity contribution in [3.8, 4) is 0 Å². The van der Waals surface area contributed by atoms with Crippen LogP contribution >= 0.6 is 11.3 Å². The normalized spacial score (nSPS) is 11.8. The van der Waals surface area contributed by atoms with Crippen molar-refractivity contribution in [2.24, 2.45) is 5.73 Å². The minimum absolute atomic E-state index is 0.0395. The van der Waals surface area contributed by atoms with E-state index in [4.69, 9.17) is 16.2 Å². The summed E-state index contributed by atoms with van der Waals surface area (Å²) in [4.78, 5) is 11.2. The number of hydrogen-bond acceptors (Lipinski definition) is 7. The summed E-state index contributed by atoms with van der Waals surface area (Å²) in [5, 5.41) is 3.23. The van der Waals surface area contributed by atoms with Crippen LogP contribution in [-0.2, 0) is 14.6 Å². The summed E-state index contributed by atoms with van der Waals surface area (Å²) in [5.41, 5.74) is 10.8. The lowest BCUT2D eigenvalue weighted by molar-refractivity contribution is 0.0870. The standard InChI is InChI=1S/C11H19N3O4S2/c1-6(2)18-5-4-14-11-9(20(3,16)17)7(12)8(19-11)10(13)15/h6,14H,4-5,12H2,1-3H3,(H2,13,15). The third-order valence-electron chi connectivity index (χ3n) is 2.33. The maximum Gasteiger partial charge on any atom is 0.261 e. The fraction of sp³-hybridized carbons (Fsp3) is 0.545. The van der Waals surface area contributed by atoms with Gasteiger partial charge in [-0.3, -0.25) is 4.79 Å². The fourth-order valence-electron chi connectivity index (χ4n) is 1.56. The van der Waals surface area contributed by atoms with Crippen molar-refractivity contribution in [2.75, 3.05) is 30.5 Å². The van der Waals surface area contributed by atoms with Crippen molar-refractivity contribution in [2.45, 2.75) is 24.8 Å². The van der Waals surface area contributed by atoms with E-state index in [1.807, 2.05) is 13.8 Å². The molecule has 0 aliphatic heterocycles. The molecule has 0 saturated heterocycles. The zero-order valence-corrected chi connectivity index (χ0v) is 13.2. The predicted octanol–water partition coefficient (Wildman–Crippen LogP) is 0.670. The molecule has 0 atom stereocenters. The van der Waals surface area contributed by atoms with Crippen LogP contribution in [0.4, 0.5) is 10.7 Å². The molecule has 5 N–H and O–H groups in total. The van der Waals surface area contributed by atoms with Gasteiger partial charge in [0.1, 0.15) is 14.8 Å². The first-order valence-electron chi connectivity index (χ1n) is 5.92. The van der Waals surface area contributed by atoms with Gasteiger partial charge >= 0.3 is 0 Å². The molecule has 0 saturated carbocycles. The average Bonchev–Trinajstić information content (AvgIpc) is 2.61. The maximum atomic E-state index is 11.8. The van der Waals surface area contributed by atoms with Crippen molar-refractivity contribution in [3.05, 3.63) is 4.88 Å². The second kappa shape index (κ2) is 6.42. The number of nitrogens with two attached hydrogens (primary N) is 2. The smallest absolute Gasteiger partial charge is 0.261 e. The number of hydrogen-bond donors (Lipinski definition) is 3. The Hall–Kier alpha value is -1.32. The van der Waals surface area contributed by atoms with Gasteiger partial charge in [-0.25, -0.2) is 8.42 Å². The highest BCUT2D eigenvalue weighted by Gasteiger charge is 2.25. The van der Waals surface area contributed by atoms with E-state index in [0.717, 1.165) is 17.6 Å². The van der Waals surface area contributed by atoms with E-state index in [-0.39, 0.29) is 21.6 Å². The van der Waals surface area contributed by atoms with Gasteiger partial charge in [-0.2, -0.15) is 0 Å². The molecule has 0 fully saturated rings. The third kappa shape index (κ3) is 4.09. The molecule has 0 unspecified atom stereocenters. The van der Waals surface area contributed by atoms with Gasteiger partial charge < -0.3 is 21.5 Å². The summed E-state index contributed by atoms with van der Waals surface area (Å²) in [6.07, 6.45) is 1.12. The van der Waals surface area contributed by atoms with E-state index < -0.39 is 15.7 Å². The molecule has 9 heteroatoms. The van der Waals surface area contributed by atoms with Gasteiger partial charge in [0.25, 0.3) is 5.91 Å². The number of anilines is 2. The van der Waals surface area contributed by atoms with Gasteiger partial charge in [-0.05, 0) is 13.8 Å². The molecule has 1 heterocycles. The van der Waals surface area contributed by atoms with Crippen LogP contribution in [0, 0.1) is 0 Å². The minimum atomic E-state index is -3.56. The van der Waals surface area contributed by atoms with Crippen LogP contribution in [-0.4, -0.2) is 39.8 Å². The number of amides is 1. The number of nitrogen functional groups attached to an aromatic ring is 1. The second-order valence-corrected chi connectivity index (χ2v) is 7.46. The lowest BCUT2D eigenvalue weighted by atomic mass is 10.4. The van der Waals surface area contributed by atoms with Gasteiger partial charge in [0.2, 0.25) is 0 Å². The third-order valence-corrected chi connectivity index (χ3v) is 4.81. The number of thiophene rings is 1. The number of primary amides is 1. The second-order valence-electron chi connectivity index (χ2n) is 4.49. The first kappa shape index (κ1) is 16.7. The highest BCUT2D eigenvalue weighted by Crippen LogP contribution is 2.38. The summed E-state index contributed by atoms with van der Waals surface area (Å²) in [6, 6.07) is 0. The van der Waals surface area contributed by atoms with E-state index >= 15 is 0 Å². The Morgan fingerprint density at radius 3 is 2.50 bits per heavy atom. The van der Waals surface area contributed by atoms with Crippen LogP contribution in [0.1, 0.15) is 23.5 Å². The number of carbonyl (C=O) groups is 1. The molecule has 1 aromatic heterocycles. The quantitative estimate of drug-likeness (QED) is 0.634. The molecule has 0 aromatic carbocycles. The van der Waals surface area contributed by atoms with Crippen molar-refractivity contribution < 1.29 is 17.9 Å². The lowest BCUT2D eigenvalue weighted by Gasteiger charge is -2.09. The molecule has 114 valence electrons. The first-order chi connectivity index (χ1) is 9.14. The highest BCUT2D eigenvalue weighted by atomic mass is 32.2. The number of sulfone groups is 1. The highest BCUT2D eigenvalue weighted by molar-refractivity contribution is 7.91. The number of carbonyl (C=O) groups excluding carboxylic acids is 1. The largest absolute Gasteiger partial charge is 0.396 e. The summed E-state index contributed by atoms with van der Waals surface area (Å²) < 4.78 is 28.9. The topological polar surface area (TPSA) is 125 Å². The lowest BCUT2D eigenvalue weighted by Crippen LogP contribution is -2.14. The van der Waals surface area contributed by atoms with E-state index in [0.29, 0.717) is 18.2 Å². The van der Waals surface area contributed by atoms with Gasteiger partial charge in [0.05, 0.1) is 18.4 Å². The molecule has 20 heavy (non-hydrogen) atoms. The van der Waals surface area contributed by atoms with Gasteiger partial charge in [0.15, 0.2) is 9.84 Å². The van der Waals surface area contributed by atoms with Crippen LogP contribution in [0.15, 0.2) is 4.90 Å². The number of nitrogens with one attached hydrogen (secondary N) is 1. The Morgan fingerprint density at radius 1 is 1.45 bits per heavy atom. The number of ether oxygens (including phenoxy) is 1. The van der Waals surface area contributed by atoms with E-state index in [1.54, 1.807) is 0 Å². The molecule has 0 bridgehead atoms. The van der Waals surface area contributed by atoms with Gasteiger partial charge in [0, 0.05) is 12.8 Å². The van der Waals surface area contributed by atoms with E-state index in [1.165, 1.54) is 0 Å². The molecule has 0 aliphatic carbocycles. The van der Waals surface area contributed by atoms with E-state index in [9.17, 15) is 13.2 Å². The summed E-state index contributed by atoms with van der Waals surface area (Å²) in [5.74, 6) is -0.746. The minimum Gasteiger partial charge on any atom is -0.396 e. The molecule has 1 amide bonds. The Kier molecular flexibility index (Phi) is 5.37. The van der Waals surface area contributed by atoms with Crippen LogP contribution in [0.2, 0.25) is 0 Å². The van der Waals surface area contributed by atoms with Gasteiger partial charge in [-0.15, -0.1) is 11.3 Å². The SMILES string of the molecule is CC(C)OCCNc1sc(C(N)=O)c(N)c1S(C)(=O)=O. The molecule has 1 aromatic rings. The average molecular weight is 321 g/mol. The zero-order valence-electron chi connectivity index (χ0n) is 11.6. The maximum absolute atomic E-state index is 11.8. The molecular formula is C11H19N3O4S2. The van der Waals surface area contributed by atoms with Crippen molar-refractivity contribution >= 4 is 37.8 Å². The molecular weight excluding hydrogens is 302 g/mol. The first-order valence-corrected chi connectivity index (χ1v) is 8.63. The van der Waals surface area contributed by atoms with Crippen molar-refractivity contribution in [1.82, 2.24) is 0 Å². The Bertz CT molecular complexity index is 593. The molecule has 0 radical (unpaired) electrons. The van der Waals surface area contributed by atoms with Crippen LogP contribution in [0.3, 0.4) is 0 Å². The predicted molar refractivity (Wildman–Crippen MR) is 79.9 cm³/mol. The van der Waals surface area contributed by atoms with E-state index in [2.05, 4.69) is 5.32 Å². The summed E-state index contributed by atoms with van der Waals surface area (Å²) in [6.45, 7) is 4.61. The van der Waals surface area contributed by atoms with Crippen LogP contribution in [0.25, 0.3) is 0 Å². The van der Waals surface area contributed by atoms with Crippen LogP contribution in [0.5, 0.6) is 0 Å². The summed E-state index contributed by atoms with van der Waals surface area (Å²) in [7, 11) is -3.56. The number of rotatable bonds is 7. The molecule has 7 nitrogen and oxygen atoms in total.